The number of hydrogen-bond acceptors (Lipinski definition) is 3. The molecule has 0 atom stereocenters. The van der Waals surface area contributed by atoms with Crippen molar-refractivity contribution in [3.8, 4) is 0 Å². The summed E-state index contributed by atoms with van der Waals surface area (Å²) in [6.07, 6.45) is 0.249. The van der Waals surface area contributed by atoms with Gasteiger partial charge in [0.2, 0.25) is 0 Å². The Bertz CT molecular complexity index is 1080. The van der Waals surface area contributed by atoms with Gasteiger partial charge in [-0.3, -0.25) is 0 Å². The molecule has 2 N–H and O–H groups in total. The molecule has 154 valence electrons. The maximum atomic E-state index is 11.7. The van der Waals surface area contributed by atoms with Gasteiger partial charge in [-0.05, 0) is 44.4 Å². The number of benzene rings is 1. The lowest BCUT2D eigenvalue weighted by molar-refractivity contribution is 0.141. The third kappa shape index (κ3) is 3.42. The number of rotatable bonds is 7. The molecule has 2 heterocycles. The highest BCUT2D eigenvalue weighted by molar-refractivity contribution is 7.24. The predicted octanol–water partition coefficient (Wildman–Crippen LogP) is 5.03. The SMILES string of the molecule is CCN(Cc1c(CN(CC)C(=O)O)c2sc3ccccc3n2c1C1CC1)C(=O)O. The van der Waals surface area contributed by atoms with Crippen LogP contribution in [0.1, 0.15) is 49.4 Å². The van der Waals surface area contributed by atoms with Crippen molar-refractivity contribution >= 4 is 38.6 Å². The fourth-order valence-corrected chi connectivity index (χ4v) is 5.20. The molecule has 0 aliphatic heterocycles. The summed E-state index contributed by atoms with van der Waals surface area (Å²) in [6, 6.07) is 8.18. The van der Waals surface area contributed by atoms with Gasteiger partial charge in [0.25, 0.3) is 0 Å². The largest absolute Gasteiger partial charge is 0.465 e. The highest BCUT2D eigenvalue weighted by Gasteiger charge is 2.34. The smallest absolute Gasteiger partial charge is 0.407 e. The molecule has 1 aliphatic rings. The Morgan fingerprint density at radius 3 is 2.17 bits per heavy atom. The van der Waals surface area contributed by atoms with Gasteiger partial charge in [-0.25, -0.2) is 9.59 Å². The molecule has 0 saturated heterocycles. The summed E-state index contributed by atoms with van der Waals surface area (Å²) in [5.74, 6) is 0.400. The summed E-state index contributed by atoms with van der Waals surface area (Å²) < 4.78 is 3.41. The average molecular weight is 416 g/mol. The fraction of sp³-hybridized carbons (Fsp3) is 0.429. The van der Waals surface area contributed by atoms with E-state index in [1.54, 1.807) is 11.3 Å². The first-order valence-electron chi connectivity index (χ1n) is 9.95. The number of aromatic nitrogens is 1. The topological polar surface area (TPSA) is 85.5 Å². The molecule has 1 saturated carbocycles. The van der Waals surface area contributed by atoms with Crippen LogP contribution in [0.5, 0.6) is 0 Å². The molecule has 2 aromatic heterocycles. The molecule has 2 amide bonds. The van der Waals surface area contributed by atoms with E-state index in [-0.39, 0.29) is 13.1 Å². The van der Waals surface area contributed by atoms with Crippen molar-refractivity contribution in [2.75, 3.05) is 13.1 Å². The molecule has 0 spiro atoms. The molecular weight excluding hydrogens is 390 g/mol. The number of nitrogens with zero attached hydrogens (tertiary/aromatic N) is 3. The van der Waals surface area contributed by atoms with E-state index in [2.05, 4.69) is 16.5 Å². The van der Waals surface area contributed by atoms with Crippen molar-refractivity contribution in [2.24, 2.45) is 0 Å². The fourth-order valence-electron chi connectivity index (χ4n) is 3.98. The molecule has 7 nitrogen and oxygen atoms in total. The normalized spacial score (nSPS) is 13.9. The van der Waals surface area contributed by atoms with Crippen LogP contribution in [0, 0.1) is 0 Å². The minimum atomic E-state index is -0.961. The van der Waals surface area contributed by atoms with E-state index in [1.807, 2.05) is 26.0 Å². The lowest BCUT2D eigenvalue weighted by Gasteiger charge is -2.21. The first kappa shape index (κ1) is 19.6. The van der Waals surface area contributed by atoms with E-state index < -0.39 is 12.2 Å². The number of para-hydroxylation sites is 1. The van der Waals surface area contributed by atoms with Gasteiger partial charge < -0.3 is 24.4 Å². The quantitative estimate of drug-likeness (QED) is 0.567. The van der Waals surface area contributed by atoms with Crippen molar-refractivity contribution in [1.82, 2.24) is 14.2 Å². The standard InChI is InChI=1S/C21H25N3O4S/c1-3-22(20(25)26)11-14-15(12-23(4-2)21(27)28)19-24(18(14)13-9-10-13)16-7-5-6-8-17(16)29-19/h5-8,13H,3-4,9-12H2,1-2H3,(H,25,26)(H,27,28). The van der Waals surface area contributed by atoms with Crippen LogP contribution in [0.15, 0.2) is 24.3 Å². The first-order chi connectivity index (χ1) is 14.0. The third-order valence-corrected chi connectivity index (χ3v) is 6.84. The van der Waals surface area contributed by atoms with Crippen molar-refractivity contribution in [2.45, 2.75) is 45.7 Å². The van der Waals surface area contributed by atoms with Gasteiger partial charge in [0.1, 0.15) is 4.83 Å². The maximum absolute atomic E-state index is 11.7. The number of hydrogen-bond donors (Lipinski definition) is 2. The van der Waals surface area contributed by atoms with E-state index in [0.29, 0.717) is 19.0 Å². The predicted molar refractivity (Wildman–Crippen MR) is 113 cm³/mol. The first-order valence-corrected chi connectivity index (χ1v) is 10.8. The van der Waals surface area contributed by atoms with Crippen molar-refractivity contribution in [3.63, 3.8) is 0 Å². The molecule has 0 radical (unpaired) electrons. The molecule has 1 fully saturated rings. The monoisotopic (exact) mass is 415 g/mol. The van der Waals surface area contributed by atoms with Crippen LogP contribution in [0.3, 0.4) is 0 Å². The maximum Gasteiger partial charge on any atom is 0.407 e. The molecule has 0 unspecified atom stereocenters. The summed E-state index contributed by atoms with van der Waals surface area (Å²) >= 11 is 1.65. The molecule has 0 bridgehead atoms. The third-order valence-electron chi connectivity index (χ3n) is 5.65. The summed E-state index contributed by atoms with van der Waals surface area (Å²) in [5.41, 5.74) is 4.19. The minimum absolute atomic E-state index is 0.265. The van der Waals surface area contributed by atoms with E-state index >= 15 is 0 Å². The van der Waals surface area contributed by atoms with Crippen molar-refractivity contribution in [1.29, 1.82) is 0 Å². The Morgan fingerprint density at radius 2 is 1.62 bits per heavy atom. The second-order valence-corrected chi connectivity index (χ2v) is 8.45. The second-order valence-electron chi connectivity index (χ2n) is 7.42. The summed E-state index contributed by atoms with van der Waals surface area (Å²) in [6.45, 7) is 4.97. The lowest BCUT2D eigenvalue weighted by atomic mass is 10.1. The van der Waals surface area contributed by atoms with Gasteiger partial charge in [0.15, 0.2) is 0 Å². The Hall–Kier alpha value is -2.74. The molecule has 29 heavy (non-hydrogen) atoms. The molecule has 4 rings (SSSR count). The molecule has 1 aromatic carbocycles. The van der Waals surface area contributed by atoms with Gasteiger partial charge >= 0.3 is 12.2 Å². The number of carbonyl (C=O) groups is 2. The summed E-state index contributed by atoms with van der Waals surface area (Å²) in [5, 5.41) is 19.2. The van der Waals surface area contributed by atoms with Gasteiger partial charge in [0.05, 0.1) is 23.3 Å². The second kappa shape index (κ2) is 7.59. The van der Waals surface area contributed by atoms with Crippen LogP contribution < -0.4 is 0 Å². The number of amides is 2. The minimum Gasteiger partial charge on any atom is -0.465 e. The zero-order valence-electron chi connectivity index (χ0n) is 16.6. The lowest BCUT2D eigenvalue weighted by Crippen LogP contribution is -2.31. The molecule has 8 heteroatoms. The highest BCUT2D eigenvalue weighted by atomic mass is 32.1. The van der Waals surface area contributed by atoms with Gasteiger partial charge in [-0.1, -0.05) is 12.1 Å². The van der Waals surface area contributed by atoms with Crippen molar-refractivity contribution in [3.05, 3.63) is 41.1 Å². The van der Waals surface area contributed by atoms with E-state index in [9.17, 15) is 19.8 Å². The van der Waals surface area contributed by atoms with Crippen LogP contribution in [0.25, 0.3) is 15.0 Å². The number of fused-ring (bicyclic) bond motifs is 3. The van der Waals surface area contributed by atoms with Gasteiger partial charge in [0, 0.05) is 30.3 Å². The summed E-state index contributed by atoms with van der Waals surface area (Å²) in [7, 11) is 0. The van der Waals surface area contributed by atoms with E-state index in [0.717, 1.165) is 44.7 Å². The van der Waals surface area contributed by atoms with Crippen LogP contribution >= 0.6 is 11.3 Å². The average Bonchev–Trinajstić information content (AvgIpc) is 3.40. The van der Waals surface area contributed by atoms with E-state index in [1.165, 1.54) is 9.80 Å². The Balaban J connectivity index is 1.96. The van der Waals surface area contributed by atoms with Gasteiger partial charge in [-0.2, -0.15) is 0 Å². The Labute approximate surface area is 172 Å². The van der Waals surface area contributed by atoms with Gasteiger partial charge in [-0.15, -0.1) is 11.3 Å². The van der Waals surface area contributed by atoms with Crippen LogP contribution in [0.2, 0.25) is 0 Å². The summed E-state index contributed by atoms with van der Waals surface area (Å²) in [4.78, 5) is 27.2. The van der Waals surface area contributed by atoms with Crippen LogP contribution in [-0.4, -0.2) is 49.7 Å². The molecular formula is C21H25N3O4S. The van der Waals surface area contributed by atoms with Crippen LogP contribution in [0.4, 0.5) is 9.59 Å². The zero-order chi connectivity index (χ0) is 20.7. The number of carboxylic acid groups (broad SMARTS) is 2. The van der Waals surface area contributed by atoms with Crippen LogP contribution in [-0.2, 0) is 13.1 Å². The Morgan fingerprint density at radius 1 is 1.03 bits per heavy atom. The number of thiazole rings is 1. The Kier molecular flexibility index (Phi) is 5.12. The van der Waals surface area contributed by atoms with E-state index in [4.69, 9.17) is 0 Å². The van der Waals surface area contributed by atoms with Crippen molar-refractivity contribution < 1.29 is 19.8 Å². The highest BCUT2D eigenvalue weighted by Crippen LogP contribution is 2.47. The molecule has 1 aliphatic carbocycles. The molecule has 3 aromatic rings. The zero-order valence-corrected chi connectivity index (χ0v) is 17.4.